The molecule has 0 saturated carbocycles. The number of anilines is 1. The van der Waals surface area contributed by atoms with Crippen LogP contribution in [0.5, 0.6) is 0 Å². The van der Waals surface area contributed by atoms with Crippen LogP contribution in [0.3, 0.4) is 0 Å². The highest BCUT2D eigenvalue weighted by Gasteiger charge is 2.24. The predicted octanol–water partition coefficient (Wildman–Crippen LogP) is 3.93. The molecule has 134 valence electrons. The Bertz CT molecular complexity index is 878. The number of carbonyl (C=O) groups is 1. The molecule has 2 aromatic rings. The molecule has 0 aromatic heterocycles. The lowest BCUT2D eigenvalue weighted by molar-refractivity contribution is 0.102. The minimum Gasteiger partial charge on any atom is -0.322 e. The van der Waals surface area contributed by atoms with Gasteiger partial charge in [0.2, 0.25) is 10.0 Å². The largest absolute Gasteiger partial charge is 0.322 e. The molecule has 2 rings (SSSR count). The minimum atomic E-state index is -3.60. The molecular weight excluding hydrogens is 360 g/mol. The van der Waals surface area contributed by atoms with Crippen molar-refractivity contribution in [2.24, 2.45) is 0 Å². The zero-order valence-electron chi connectivity index (χ0n) is 14.4. The summed E-state index contributed by atoms with van der Waals surface area (Å²) in [6.07, 6.45) is 0. The Morgan fingerprint density at radius 2 is 1.80 bits per heavy atom. The average molecular weight is 381 g/mol. The van der Waals surface area contributed by atoms with Crippen molar-refractivity contribution < 1.29 is 13.2 Å². The first-order valence-electron chi connectivity index (χ1n) is 7.97. The molecule has 1 N–H and O–H groups in total. The van der Waals surface area contributed by atoms with Crippen molar-refractivity contribution in [1.29, 1.82) is 0 Å². The number of carbonyl (C=O) groups excluding carboxylic acids is 1. The van der Waals surface area contributed by atoms with Crippen LogP contribution in [0.4, 0.5) is 5.69 Å². The van der Waals surface area contributed by atoms with Crippen molar-refractivity contribution in [1.82, 2.24) is 4.31 Å². The van der Waals surface area contributed by atoms with E-state index in [9.17, 15) is 13.2 Å². The van der Waals surface area contributed by atoms with Crippen molar-refractivity contribution >= 4 is 33.2 Å². The van der Waals surface area contributed by atoms with Crippen molar-refractivity contribution in [3.8, 4) is 0 Å². The van der Waals surface area contributed by atoms with Gasteiger partial charge in [-0.2, -0.15) is 4.31 Å². The number of hydrogen-bond donors (Lipinski definition) is 1. The van der Waals surface area contributed by atoms with Gasteiger partial charge in [-0.25, -0.2) is 8.42 Å². The summed E-state index contributed by atoms with van der Waals surface area (Å²) in [5.74, 6) is -0.349. The fourth-order valence-corrected chi connectivity index (χ4v) is 4.39. The van der Waals surface area contributed by atoms with Gasteiger partial charge in [0, 0.05) is 29.4 Å². The van der Waals surface area contributed by atoms with Gasteiger partial charge in [-0.15, -0.1) is 0 Å². The Hall–Kier alpha value is -1.89. The van der Waals surface area contributed by atoms with Crippen LogP contribution in [0.1, 0.15) is 29.8 Å². The maximum atomic E-state index is 12.8. The molecule has 7 heteroatoms. The Kier molecular flexibility index (Phi) is 6.21. The smallest absolute Gasteiger partial charge is 0.255 e. The summed E-state index contributed by atoms with van der Waals surface area (Å²) in [6.45, 7) is 6.09. The van der Waals surface area contributed by atoms with E-state index in [1.807, 2.05) is 0 Å². The maximum absolute atomic E-state index is 12.8. The summed E-state index contributed by atoms with van der Waals surface area (Å²) in [7, 11) is -3.60. The standard InChI is InChI=1S/C18H21ClN2O3S/c1-4-21(5-2)25(23,24)17-12-16(10-9-13(17)3)20-18(22)14-7-6-8-15(19)11-14/h6-12H,4-5H2,1-3H3,(H,20,22). The quantitative estimate of drug-likeness (QED) is 0.825. The molecule has 0 fully saturated rings. The summed E-state index contributed by atoms with van der Waals surface area (Å²) in [6, 6.07) is 11.4. The molecule has 0 bridgehead atoms. The summed E-state index contributed by atoms with van der Waals surface area (Å²) in [4.78, 5) is 12.5. The first kappa shape index (κ1) is 19.4. The zero-order chi connectivity index (χ0) is 18.6. The lowest BCUT2D eigenvalue weighted by atomic mass is 10.2. The predicted molar refractivity (Wildman–Crippen MR) is 101 cm³/mol. The Labute approximate surface area is 153 Å². The van der Waals surface area contributed by atoms with E-state index in [4.69, 9.17) is 11.6 Å². The number of halogens is 1. The number of sulfonamides is 1. The van der Waals surface area contributed by atoms with Gasteiger partial charge < -0.3 is 5.32 Å². The number of amides is 1. The van der Waals surface area contributed by atoms with Crippen LogP contribution in [-0.4, -0.2) is 31.7 Å². The van der Waals surface area contributed by atoms with Crippen molar-refractivity contribution in [2.45, 2.75) is 25.7 Å². The third-order valence-corrected chi connectivity index (χ3v) is 6.28. The third-order valence-electron chi connectivity index (χ3n) is 3.86. The third kappa shape index (κ3) is 4.39. The molecule has 1 amide bonds. The van der Waals surface area contributed by atoms with E-state index in [2.05, 4.69) is 5.32 Å². The van der Waals surface area contributed by atoms with E-state index in [0.717, 1.165) is 0 Å². The molecule has 2 aromatic carbocycles. The lowest BCUT2D eigenvalue weighted by Crippen LogP contribution is -2.31. The van der Waals surface area contributed by atoms with E-state index >= 15 is 0 Å². The number of nitrogens with zero attached hydrogens (tertiary/aromatic N) is 1. The van der Waals surface area contributed by atoms with Gasteiger partial charge in [0.25, 0.3) is 5.91 Å². The minimum absolute atomic E-state index is 0.195. The molecule has 0 saturated heterocycles. The first-order chi connectivity index (χ1) is 11.8. The van der Waals surface area contributed by atoms with Crippen LogP contribution in [0.2, 0.25) is 5.02 Å². The molecule has 0 aliphatic carbocycles. The van der Waals surface area contributed by atoms with Gasteiger partial charge in [0.05, 0.1) is 4.90 Å². The first-order valence-corrected chi connectivity index (χ1v) is 9.79. The van der Waals surface area contributed by atoms with Crippen LogP contribution in [-0.2, 0) is 10.0 Å². The lowest BCUT2D eigenvalue weighted by Gasteiger charge is -2.20. The summed E-state index contributed by atoms with van der Waals surface area (Å²) < 4.78 is 26.9. The van der Waals surface area contributed by atoms with E-state index in [1.165, 1.54) is 10.4 Å². The van der Waals surface area contributed by atoms with E-state index in [-0.39, 0.29) is 10.8 Å². The monoisotopic (exact) mass is 380 g/mol. The molecule has 5 nitrogen and oxygen atoms in total. The highest BCUT2D eigenvalue weighted by molar-refractivity contribution is 7.89. The normalized spacial score (nSPS) is 11.6. The topological polar surface area (TPSA) is 66.5 Å². The second-order valence-corrected chi connectivity index (χ2v) is 7.88. The molecule has 0 heterocycles. The van der Waals surface area contributed by atoms with Gasteiger partial charge in [-0.1, -0.05) is 37.6 Å². The SMILES string of the molecule is CCN(CC)S(=O)(=O)c1cc(NC(=O)c2cccc(Cl)c2)ccc1C. The summed E-state index contributed by atoms with van der Waals surface area (Å²) in [5.41, 5.74) is 1.45. The fourth-order valence-electron chi connectivity index (χ4n) is 2.49. The fraction of sp³-hybridized carbons (Fsp3) is 0.278. The van der Waals surface area contributed by atoms with Crippen LogP contribution in [0, 0.1) is 6.92 Å². The molecule has 0 atom stereocenters. The molecular formula is C18H21ClN2O3S. The van der Waals surface area contributed by atoms with Crippen LogP contribution in [0.25, 0.3) is 0 Å². The Balaban J connectivity index is 2.34. The van der Waals surface area contributed by atoms with E-state index in [0.29, 0.717) is 34.9 Å². The average Bonchev–Trinajstić information content (AvgIpc) is 2.57. The van der Waals surface area contributed by atoms with E-state index in [1.54, 1.807) is 57.2 Å². The molecule has 0 radical (unpaired) electrons. The molecule has 0 aliphatic heterocycles. The Morgan fingerprint density at radius 1 is 1.12 bits per heavy atom. The molecule has 0 spiro atoms. The van der Waals surface area contributed by atoms with Crippen LogP contribution in [0.15, 0.2) is 47.4 Å². The summed E-state index contributed by atoms with van der Waals surface area (Å²) in [5, 5.41) is 3.18. The van der Waals surface area contributed by atoms with Crippen LogP contribution < -0.4 is 5.32 Å². The summed E-state index contributed by atoms with van der Waals surface area (Å²) >= 11 is 5.90. The van der Waals surface area contributed by atoms with Gasteiger partial charge in [0.15, 0.2) is 0 Å². The van der Waals surface area contributed by atoms with Gasteiger partial charge in [-0.3, -0.25) is 4.79 Å². The number of hydrogen-bond acceptors (Lipinski definition) is 3. The number of benzene rings is 2. The molecule has 0 unspecified atom stereocenters. The maximum Gasteiger partial charge on any atom is 0.255 e. The van der Waals surface area contributed by atoms with Gasteiger partial charge >= 0.3 is 0 Å². The van der Waals surface area contributed by atoms with E-state index < -0.39 is 10.0 Å². The number of rotatable bonds is 6. The van der Waals surface area contributed by atoms with Crippen molar-refractivity contribution in [2.75, 3.05) is 18.4 Å². The zero-order valence-corrected chi connectivity index (χ0v) is 16.0. The number of aryl methyl sites for hydroxylation is 1. The molecule has 0 aliphatic rings. The van der Waals surface area contributed by atoms with Crippen molar-refractivity contribution in [3.05, 3.63) is 58.6 Å². The van der Waals surface area contributed by atoms with Crippen molar-refractivity contribution in [3.63, 3.8) is 0 Å². The second kappa shape index (κ2) is 7.99. The van der Waals surface area contributed by atoms with Gasteiger partial charge in [-0.05, 0) is 42.8 Å². The second-order valence-electron chi connectivity index (χ2n) is 5.53. The molecule has 25 heavy (non-hydrogen) atoms. The highest BCUT2D eigenvalue weighted by Crippen LogP contribution is 2.24. The van der Waals surface area contributed by atoms with Gasteiger partial charge in [0.1, 0.15) is 0 Å². The highest BCUT2D eigenvalue weighted by atomic mass is 35.5. The van der Waals surface area contributed by atoms with Crippen LogP contribution >= 0.6 is 11.6 Å². The number of nitrogens with one attached hydrogen (secondary N) is 1. The Morgan fingerprint density at radius 3 is 2.40 bits per heavy atom.